The molecule has 4 aromatic carbocycles. The third-order valence-corrected chi connectivity index (χ3v) is 21.5. The molecule has 290 valence electrons. The maximum atomic E-state index is 13.6. The van der Waals surface area contributed by atoms with Gasteiger partial charge in [0, 0.05) is 40.4 Å². The molecule has 4 aromatic rings. The second-order valence-electron chi connectivity index (χ2n) is 22.2. The number of fused-ring (bicyclic) bond motifs is 5. The van der Waals surface area contributed by atoms with Gasteiger partial charge in [-0.25, -0.2) is 0 Å². The van der Waals surface area contributed by atoms with Crippen molar-refractivity contribution < 1.29 is 9.53 Å². The van der Waals surface area contributed by atoms with E-state index in [9.17, 15) is 4.79 Å². The van der Waals surface area contributed by atoms with Gasteiger partial charge in [-0.2, -0.15) is 0 Å². The number of rotatable bonds is 10. The van der Waals surface area contributed by atoms with Crippen molar-refractivity contribution in [1.82, 2.24) is 0 Å². The summed E-state index contributed by atoms with van der Waals surface area (Å²) in [5, 5.41) is 10.8. The molecule has 2 heteroatoms. The van der Waals surface area contributed by atoms with E-state index in [4.69, 9.17) is 4.74 Å². The minimum atomic E-state index is -0.0282. The average Bonchev–Trinajstić information content (AvgIpc) is 3.92. The minimum Gasteiger partial charge on any atom is -0.466 e. The zero-order chi connectivity index (χ0) is 37.8. The van der Waals surface area contributed by atoms with Crippen LogP contribution in [0.3, 0.4) is 0 Å². The van der Waals surface area contributed by atoms with E-state index in [0.717, 1.165) is 31.6 Å². The topological polar surface area (TPSA) is 26.3 Å². The van der Waals surface area contributed by atoms with E-state index >= 15 is 0 Å². The van der Waals surface area contributed by atoms with Crippen LogP contribution in [-0.2, 0) is 25.8 Å². The standard InChI is InChI=1S/C57H50O2/c1-2-3-4-8-24-59-36(58)12-9-23-55(25-10-6-5-7-11-25)56-34-21-22-35-33-20-18-31-29-16-14-27-26-13-15-28-30-17-19-32(34)43-41(30)46-39(28)37(26)45-38(27)40(29)47-42(31)44(33)54(57(35,55)56)52-50(47)48(45)49(46)51(52)53(43)56/h5-7,10-11,13,15,26-29,34-35,37,39H,2-4,8-9,12,14,16-24H2,1H3. The SMILES string of the molecule is CCCCCCOC(=O)CCCC1(c2ccccc2)C23c4c5c6c7c8c4=C4CCC=8C8C=CC9C%10CCC%11C%12=c%13c%14c(c-5c5c-6c(c%10c%11c%135)C9C78)C12C(CCC43)C=%14CC%12. The highest BCUT2D eigenvalue weighted by atomic mass is 16.5. The van der Waals surface area contributed by atoms with Gasteiger partial charge in [-0.05, 0) is 193 Å². The summed E-state index contributed by atoms with van der Waals surface area (Å²) in [7, 11) is 0. The van der Waals surface area contributed by atoms with Crippen molar-refractivity contribution in [1.29, 1.82) is 0 Å². The Morgan fingerprint density at radius 3 is 2.27 bits per heavy atom. The molecule has 18 rings (SSSR count). The van der Waals surface area contributed by atoms with Gasteiger partial charge in [-0.1, -0.05) is 91.0 Å². The zero-order valence-electron chi connectivity index (χ0n) is 34.3. The molecular weight excluding hydrogens is 717 g/mol. The lowest BCUT2D eigenvalue weighted by molar-refractivity contribution is -0.143. The van der Waals surface area contributed by atoms with Crippen LogP contribution < -0.4 is 20.9 Å². The molecule has 14 aliphatic rings. The zero-order valence-corrected chi connectivity index (χ0v) is 34.3. The summed E-state index contributed by atoms with van der Waals surface area (Å²) in [6, 6.07) is 12.1. The van der Waals surface area contributed by atoms with Crippen molar-refractivity contribution in [3.05, 3.63) is 102 Å². The molecule has 11 unspecified atom stereocenters. The van der Waals surface area contributed by atoms with E-state index in [0.29, 0.717) is 54.5 Å². The second-order valence-corrected chi connectivity index (χ2v) is 22.2. The highest BCUT2D eigenvalue weighted by Crippen LogP contribution is 2.94. The van der Waals surface area contributed by atoms with Crippen LogP contribution in [-0.4, -0.2) is 12.6 Å². The summed E-state index contributed by atoms with van der Waals surface area (Å²) in [5.74, 6) is 5.23. The van der Waals surface area contributed by atoms with Gasteiger partial charge in [0.1, 0.15) is 0 Å². The Morgan fingerprint density at radius 1 is 0.661 bits per heavy atom. The summed E-state index contributed by atoms with van der Waals surface area (Å²) >= 11 is 0. The number of carbonyl (C=O) groups excluding carboxylic acids is 1. The fourth-order valence-electron chi connectivity index (χ4n) is 21.0. The van der Waals surface area contributed by atoms with Gasteiger partial charge in [0.15, 0.2) is 0 Å². The first-order valence-electron chi connectivity index (χ1n) is 24.5. The van der Waals surface area contributed by atoms with Crippen LogP contribution in [0.15, 0.2) is 42.5 Å². The van der Waals surface area contributed by atoms with Gasteiger partial charge in [-0.15, -0.1) is 0 Å². The number of benzene rings is 4. The molecular formula is C57H50O2. The van der Waals surface area contributed by atoms with E-state index in [-0.39, 0.29) is 22.2 Å². The normalized spacial score (nSPS) is 38.7. The van der Waals surface area contributed by atoms with Crippen LogP contribution in [0.1, 0.15) is 166 Å². The van der Waals surface area contributed by atoms with Gasteiger partial charge in [0.2, 0.25) is 0 Å². The largest absolute Gasteiger partial charge is 0.466 e. The van der Waals surface area contributed by atoms with Crippen molar-refractivity contribution in [2.75, 3.05) is 6.61 Å². The first-order chi connectivity index (χ1) is 29.2. The van der Waals surface area contributed by atoms with Crippen molar-refractivity contribution in [3.63, 3.8) is 0 Å². The molecule has 0 aliphatic heterocycles. The Morgan fingerprint density at radius 2 is 1.44 bits per heavy atom. The van der Waals surface area contributed by atoms with Crippen LogP contribution in [0.2, 0.25) is 0 Å². The lowest BCUT2D eigenvalue weighted by atomic mass is 9.59. The Bertz CT molecular complexity index is 3250. The molecule has 0 saturated heterocycles. The Labute approximate surface area is 345 Å². The highest BCUT2D eigenvalue weighted by molar-refractivity contribution is 6.25. The van der Waals surface area contributed by atoms with Crippen LogP contribution >= 0.6 is 0 Å². The summed E-state index contributed by atoms with van der Waals surface area (Å²) in [6.07, 6.45) is 23.3. The molecule has 0 aromatic heterocycles. The molecule has 0 bridgehead atoms. The van der Waals surface area contributed by atoms with Gasteiger partial charge < -0.3 is 4.74 Å². The van der Waals surface area contributed by atoms with Crippen LogP contribution in [0.4, 0.5) is 0 Å². The number of carbonyl (C=O) groups is 1. The molecule has 14 aliphatic carbocycles. The molecule has 0 radical (unpaired) electrons. The second kappa shape index (κ2) is 9.19. The smallest absolute Gasteiger partial charge is 0.305 e. The summed E-state index contributed by atoms with van der Waals surface area (Å²) < 4.78 is 5.99. The van der Waals surface area contributed by atoms with Crippen molar-refractivity contribution in [2.24, 2.45) is 23.7 Å². The van der Waals surface area contributed by atoms with Gasteiger partial charge in [0.05, 0.1) is 6.61 Å². The maximum Gasteiger partial charge on any atom is 0.305 e. The van der Waals surface area contributed by atoms with Crippen molar-refractivity contribution >= 4 is 39.0 Å². The van der Waals surface area contributed by atoms with Crippen molar-refractivity contribution in [3.8, 4) is 22.3 Å². The number of ether oxygens (including phenoxy) is 1. The van der Waals surface area contributed by atoms with Gasteiger partial charge in [-0.3, -0.25) is 4.79 Å². The van der Waals surface area contributed by atoms with E-state index in [1.54, 1.807) is 43.8 Å². The Kier molecular flexibility index (Phi) is 4.80. The number of hydrogen-bond acceptors (Lipinski definition) is 2. The minimum absolute atomic E-state index is 0.0282. The fourth-order valence-corrected chi connectivity index (χ4v) is 21.0. The molecule has 11 atom stereocenters. The first-order valence-corrected chi connectivity index (χ1v) is 24.5. The summed E-state index contributed by atoms with van der Waals surface area (Å²) in [6.45, 7) is 2.83. The van der Waals surface area contributed by atoms with E-state index in [1.807, 2.05) is 71.3 Å². The number of esters is 1. The fraction of sp³-hybridized carbons (Fsp3) is 0.491. The van der Waals surface area contributed by atoms with E-state index in [2.05, 4.69) is 49.4 Å². The average molecular weight is 767 g/mol. The number of allylic oxidation sites excluding steroid dienone is 2. The van der Waals surface area contributed by atoms with Gasteiger partial charge >= 0.3 is 5.97 Å². The molecule has 2 saturated carbocycles. The summed E-state index contributed by atoms with van der Waals surface area (Å²) in [4.78, 5) is 13.6. The lowest BCUT2D eigenvalue weighted by Gasteiger charge is -2.43. The van der Waals surface area contributed by atoms with Crippen LogP contribution in [0.5, 0.6) is 0 Å². The first kappa shape index (κ1) is 30.8. The number of hydrogen-bond donors (Lipinski definition) is 0. The molecule has 2 spiro atoms. The molecule has 0 N–H and O–H groups in total. The maximum absolute atomic E-state index is 13.6. The highest BCUT2D eigenvalue weighted by Gasteiger charge is 2.96. The Hall–Kier alpha value is -4.17. The molecule has 59 heavy (non-hydrogen) atoms. The van der Waals surface area contributed by atoms with E-state index < -0.39 is 0 Å². The van der Waals surface area contributed by atoms with Crippen LogP contribution in [0.25, 0.3) is 55.3 Å². The van der Waals surface area contributed by atoms with Crippen molar-refractivity contribution in [2.45, 2.75) is 143 Å². The molecule has 0 amide bonds. The molecule has 0 heterocycles. The quantitative estimate of drug-likeness (QED) is 0.0805. The number of unbranched alkanes of at least 4 members (excludes halogenated alkanes) is 3. The van der Waals surface area contributed by atoms with Crippen LogP contribution in [0, 0.1) is 23.7 Å². The lowest BCUT2D eigenvalue weighted by Crippen LogP contribution is -2.42. The van der Waals surface area contributed by atoms with Gasteiger partial charge in [0.25, 0.3) is 0 Å². The summed E-state index contributed by atoms with van der Waals surface area (Å²) in [5.41, 5.74) is 27.6. The molecule has 2 fully saturated rings. The van der Waals surface area contributed by atoms with E-state index in [1.165, 1.54) is 64.2 Å². The Balaban J connectivity index is 1.00. The predicted octanol–water partition coefficient (Wildman–Crippen LogP) is 9.45. The third kappa shape index (κ3) is 2.56. The molecule has 2 nitrogen and oxygen atoms in total. The predicted molar refractivity (Wildman–Crippen MR) is 232 cm³/mol. The monoisotopic (exact) mass is 766 g/mol. The third-order valence-electron chi connectivity index (χ3n) is 21.5.